The maximum Gasteiger partial charge on any atom is 0.408 e. The molecule has 1 aliphatic carbocycles. The molecule has 5 amide bonds. The molecule has 3 unspecified atom stereocenters. The summed E-state index contributed by atoms with van der Waals surface area (Å²) in [5, 5.41) is 10.5. The molecule has 1 aromatic carbocycles. The van der Waals surface area contributed by atoms with Crippen LogP contribution in [0.1, 0.15) is 80.7 Å². The van der Waals surface area contributed by atoms with Gasteiger partial charge in [-0.1, -0.05) is 78.3 Å². The number of carbonyl (C=O) groups excluding carboxylic acids is 6. The number of ketones is 1. The van der Waals surface area contributed by atoms with Crippen molar-refractivity contribution in [1.29, 1.82) is 0 Å². The highest BCUT2D eigenvalue weighted by Gasteiger charge is 2.70. The lowest BCUT2D eigenvalue weighted by atomic mass is 9.85. The van der Waals surface area contributed by atoms with Gasteiger partial charge in [0.15, 0.2) is 0 Å². The van der Waals surface area contributed by atoms with Gasteiger partial charge in [0.2, 0.25) is 23.5 Å². The quantitative estimate of drug-likeness (QED) is 0.255. The van der Waals surface area contributed by atoms with Crippen LogP contribution in [0.2, 0.25) is 0 Å². The molecule has 5 atom stereocenters. The molecule has 12 heteroatoms. The standard InChI is InChI=1S/C34H51N5O7/c1-10-14-22(26(41)29(43)36-18-23(40)35-17-20-15-12-11-13-16-20)37-28(42)25-24-21(34(24,8)9)19-39(25)30(44)27(32(2,3)4)38-31(45)46-33(5,6)7/h11-13,15-16,21-22,24-25,27H,10,14,17-19H2,1-9H3,(H,35,40)(H,36,43)(H,37,42)(H,38,45)/t21?,22?,24?,25-,27+/m0/s1. The Morgan fingerprint density at radius 1 is 0.957 bits per heavy atom. The van der Waals surface area contributed by atoms with E-state index in [9.17, 15) is 28.8 Å². The zero-order chi connectivity index (χ0) is 34.6. The first-order valence-corrected chi connectivity index (χ1v) is 16.0. The van der Waals surface area contributed by atoms with Crippen molar-refractivity contribution < 1.29 is 33.5 Å². The first kappa shape index (κ1) is 36.5. The van der Waals surface area contributed by atoms with E-state index in [1.807, 2.05) is 71.9 Å². The summed E-state index contributed by atoms with van der Waals surface area (Å²) in [5.41, 5.74) is -0.789. The molecule has 0 bridgehead atoms. The Balaban J connectivity index is 1.70. The van der Waals surface area contributed by atoms with Crippen LogP contribution in [0.15, 0.2) is 30.3 Å². The van der Waals surface area contributed by atoms with Crippen LogP contribution in [0.4, 0.5) is 4.79 Å². The third-order valence-electron chi connectivity index (χ3n) is 8.71. The number of amides is 5. The first-order chi connectivity index (χ1) is 21.3. The number of likely N-dealkylation sites (tertiary alicyclic amines) is 1. The van der Waals surface area contributed by atoms with E-state index in [1.54, 1.807) is 20.8 Å². The molecular weight excluding hydrogens is 590 g/mol. The summed E-state index contributed by atoms with van der Waals surface area (Å²) in [6, 6.07) is 6.25. The lowest BCUT2D eigenvalue weighted by Gasteiger charge is -2.38. The van der Waals surface area contributed by atoms with Crippen molar-refractivity contribution in [3.05, 3.63) is 35.9 Å². The van der Waals surface area contributed by atoms with E-state index < -0.39 is 71.2 Å². The summed E-state index contributed by atoms with van der Waals surface area (Å²) in [5.74, 6) is -3.35. The van der Waals surface area contributed by atoms with Gasteiger partial charge in [0.1, 0.15) is 17.7 Å². The van der Waals surface area contributed by atoms with Gasteiger partial charge >= 0.3 is 6.09 Å². The van der Waals surface area contributed by atoms with Crippen molar-refractivity contribution in [3.63, 3.8) is 0 Å². The smallest absolute Gasteiger partial charge is 0.408 e. The number of hydrogen-bond acceptors (Lipinski definition) is 7. The molecule has 1 aromatic rings. The van der Waals surface area contributed by atoms with Gasteiger partial charge in [-0.05, 0) is 55.4 Å². The maximum absolute atomic E-state index is 14.0. The molecule has 4 N–H and O–H groups in total. The fraction of sp³-hybridized carbons (Fsp3) is 0.647. The number of fused-ring (bicyclic) bond motifs is 1. The van der Waals surface area contributed by atoms with E-state index >= 15 is 0 Å². The van der Waals surface area contributed by atoms with E-state index in [0.717, 1.165) is 5.56 Å². The minimum atomic E-state index is -1.14. The van der Waals surface area contributed by atoms with Crippen molar-refractivity contribution in [2.75, 3.05) is 13.1 Å². The summed E-state index contributed by atoms with van der Waals surface area (Å²) in [4.78, 5) is 80.4. The molecule has 2 aliphatic rings. The number of carbonyl (C=O) groups is 6. The molecule has 0 aromatic heterocycles. The minimum absolute atomic E-state index is 0.0624. The highest BCUT2D eigenvalue weighted by molar-refractivity contribution is 6.38. The Morgan fingerprint density at radius 2 is 1.59 bits per heavy atom. The van der Waals surface area contributed by atoms with Crippen LogP contribution in [0.3, 0.4) is 0 Å². The van der Waals surface area contributed by atoms with Crippen LogP contribution in [0.25, 0.3) is 0 Å². The van der Waals surface area contributed by atoms with Crippen LogP contribution in [0, 0.1) is 22.7 Å². The van der Waals surface area contributed by atoms with Gasteiger partial charge in [-0.25, -0.2) is 4.79 Å². The van der Waals surface area contributed by atoms with Crippen molar-refractivity contribution in [1.82, 2.24) is 26.2 Å². The predicted octanol–water partition coefficient (Wildman–Crippen LogP) is 2.70. The molecule has 1 saturated heterocycles. The number of ether oxygens (including phenoxy) is 1. The average Bonchev–Trinajstić information content (AvgIpc) is 3.27. The zero-order valence-corrected chi connectivity index (χ0v) is 28.6. The number of piperidine rings is 1. The molecule has 3 rings (SSSR count). The highest BCUT2D eigenvalue weighted by Crippen LogP contribution is 2.65. The molecule has 254 valence electrons. The predicted molar refractivity (Wildman–Crippen MR) is 172 cm³/mol. The zero-order valence-electron chi connectivity index (χ0n) is 28.6. The SMILES string of the molecule is CCCC(NC(=O)[C@@H]1C2C(CN1C(=O)[C@@H](NC(=O)OC(C)(C)C)C(C)(C)C)C2(C)C)C(=O)C(=O)NCC(=O)NCc1ccccc1. The van der Waals surface area contributed by atoms with Crippen molar-refractivity contribution in [2.45, 2.75) is 105 Å². The summed E-state index contributed by atoms with van der Waals surface area (Å²) in [6.45, 7) is 16.7. The number of Topliss-reactive ketones (excluding diaryl/α,β-unsaturated/α-hetero) is 1. The van der Waals surface area contributed by atoms with E-state index in [2.05, 4.69) is 21.3 Å². The van der Waals surface area contributed by atoms with Gasteiger partial charge in [0, 0.05) is 13.1 Å². The minimum Gasteiger partial charge on any atom is -0.444 e. The molecule has 46 heavy (non-hydrogen) atoms. The Morgan fingerprint density at radius 3 is 2.15 bits per heavy atom. The van der Waals surface area contributed by atoms with Gasteiger partial charge in [-0.2, -0.15) is 0 Å². The Bertz CT molecular complexity index is 1320. The molecule has 0 spiro atoms. The Labute approximate surface area is 272 Å². The third kappa shape index (κ3) is 9.07. The van der Waals surface area contributed by atoms with Gasteiger partial charge in [0.25, 0.3) is 5.91 Å². The lowest BCUT2D eigenvalue weighted by molar-refractivity contribution is -0.145. The maximum atomic E-state index is 14.0. The topological polar surface area (TPSA) is 163 Å². The van der Waals surface area contributed by atoms with Crippen molar-refractivity contribution >= 4 is 35.5 Å². The number of rotatable bonds is 12. The number of benzene rings is 1. The fourth-order valence-corrected chi connectivity index (χ4v) is 6.13. The van der Waals surface area contributed by atoms with E-state index in [-0.39, 0.29) is 30.2 Å². The van der Waals surface area contributed by atoms with E-state index in [4.69, 9.17) is 4.74 Å². The second-order valence-electron chi connectivity index (χ2n) is 15.0. The summed E-state index contributed by atoms with van der Waals surface area (Å²) >= 11 is 0. The van der Waals surface area contributed by atoms with E-state index in [0.29, 0.717) is 13.0 Å². The molecule has 12 nitrogen and oxygen atoms in total. The van der Waals surface area contributed by atoms with Crippen LogP contribution in [0.5, 0.6) is 0 Å². The number of alkyl carbamates (subject to hydrolysis) is 1. The first-order valence-electron chi connectivity index (χ1n) is 16.0. The van der Waals surface area contributed by atoms with Gasteiger partial charge in [0.05, 0.1) is 12.6 Å². The number of hydrogen-bond donors (Lipinski definition) is 4. The van der Waals surface area contributed by atoms with Crippen LogP contribution in [-0.2, 0) is 35.3 Å². The highest BCUT2D eigenvalue weighted by atomic mass is 16.6. The van der Waals surface area contributed by atoms with E-state index in [1.165, 1.54) is 4.90 Å². The van der Waals surface area contributed by atoms with Crippen LogP contribution < -0.4 is 21.3 Å². The molecule has 0 radical (unpaired) electrons. The number of nitrogens with zero attached hydrogens (tertiary/aromatic N) is 1. The molecule has 1 saturated carbocycles. The van der Waals surface area contributed by atoms with Gasteiger partial charge < -0.3 is 30.9 Å². The molecule has 1 aliphatic heterocycles. The van der Waals surface area contributed by atoms with Crippen molar-refractivity contribution in [3.8, 4) is 0 Å². The second kappa shape index (κ2) is 14.2. The second-order valence-corrected chi connectivity index (χ2v) is 15.0. The fourth-order valence-electron chi connectivity index (χ4n) is 6.13. The third-order valence-corrected chi connectivity index (χ3v) is 8.71. The Hall–Kier alpha value is -3.96. The number of nitrogens with one attached hydrogen (secondary N) is 4. The molecule has 1 heterocycles. The lowest BCUT2D eigenvalue weighted by Crippen LogP contribution is -2.60. The Kier molecular flexibility index (Phi) is 11.3. The summed E-state index contributed by atoms with van der Waals surface area (Å²) in [6.07, 6.45) is -0.0424. The van der Waals surface area contributed by atoms with Gasteiger partial charge in [-0.3, -0.25) is 24.0 Å². The monoisotopic (exact) mass is 641 g/mol. The van der Waals surface area contributed by atoms with Gasteiger partial charge in [-0.15, -0.1) is 0 Å². The largest absolute Gasteiger partial charge is 0.444 e. The summed E-state index contributed by atoms with van der Waals surface area (Å²) < 4.78 is 5.41. The normalized spacial score (nSPS) is 21.2. The van der Waals surface area contributed by atoms with Crippen molar-refractivity contribution in [2.24, 2.45) is 22.7 Å². The molecular formula is C34H51N5O7. The van der Waals surface area contributed by atoms with Crippen LogP contribution >= 0.6 is 0 Å². The average molecular weight is 642 g/mol. The van der Waals surface area contributed by atoms with Crippen LogP contribution in [-0.4, -0.2) is 77.2 Å². The molecule has 2 fully saturated rings. The summed E-state index contributed by atoms with van der Waals surface area (Å²) in [7, 11) is 0.